The SMILES string of the molecule is Cc1ccccc1C(=O)NCCC(=O)N(C)Cc1ccc(C(F)(F)F)cc1. The van der Waals surface area contributed by atoms with Crippen LogP contribution in [0.1, 0.15) is 33.5 Å². The lowest BCUT2D eigenvalue weighted by Crippen LogP contribution is -2.32. The smallest absolute Gasteiger partial charge is 0.352 e. The van der Waals surface area contributed by atoms with Crippen LogP contribution in [0.2, 0.25) is 0 Å². The van der Waals surface area contributed by atoms with Gasteiger partial charge in [-0.15, -0.1) is 0 Å². The Balaban J connectivity index is 1.82. The van der Waals surface area contributed by atoms with Crippen molar-refractivity contribution in [2.75, 3.05) is 13.6 Å². The maximum Gasteiger partial charge on any atom is 0.416 e. The molecule has 0 bridgehead atoms. The zero-order valence-corrected chi connectivity index (χ0v) is 15.1. The minimum Gasteiger partial charge on any atom is -0.352 e. The van der Waals surface area contributed by atoms with Crippen molar-refractivity contribution in [2.45, 2.75) is 26.1 Å². The summed E-state index contributed by atoms with van der Waals surface area (Å²) in [7, 11) is 1.57. The lowest BCUT2D eigenvalue weighted by Gasteiger charge is -2.18. The zero-order valence-electron chi connectivity index (χ0n) is 15.1. The Morgan fingerprint density at radius 1 is 1.04 bits per heavy atom. The number of carbonyl (C=O) groups excluding carboxylic acids is 2. The highest BCUT2D eigenvalue weighted by Crippen LogP contribution is 2.29. The van der Waals surface area contributed by atoms with E-state index in [0.29, 0.717) is 11.1 Å². The van der Waals surface area contributed by atoms with Gasteiger partial charge in [-0.2, -0.15) is 13.2 Å². The molecule has 0 saturated carbocycles. The molecule has 0 atom stereocenters. The van der Waals surface area contributed by atoms with Crippen LogP contribution in [-0.4, -0.2) is 30.3 Å². The second-order valence-corrected chi connectivity index (χ2v) is 6.27. The van der Waals surface area contributed by atoms with Gasteiger partial charge >= 0.3 is 6.18 Å². The quantitative estimate of drug-likeness (QED) is 0.831. The van der Waals surface area contributed by atoms with E-state index >= 15 is 0 Å². The van der Waals surface area contributed by atoms with E-state index in [9.17, 15) is 22.8 Å². The Kier molecular flexibility index (Phi) is 6.60. The highest BCUT2D eigenvalue weighted by molar-refractivity contribution is 5.95. The molecule has 4 nitrogen and oxygen atoms in total. The molecule has 2 amide bonds. The number of alkyl halides is 3. The minimum absolute atomic E-state index is 0.106. The molecule has 0 spiro atoms. The van der Waals surface area contributed by atoms with Gasteiger partial charge in [0.05, 0.1) is 5.56 Å². The summed E-state index contributed by atoms with van der Waals surface area (Å²) < 4.78 is 37.7. The summed E-state index contributed by atoms with van der Waals surface area (Å²) in [5.74, 6) is -0.453. The average Bonchev–Trinajstić information content (AvgIpc) is 2.61. The number of benzene rings is 2. The number of aryl methyl sites for hydroxylation is 1. The van der Waals surface area contributed by atoms with E-state index in [-0.39, 0.29) is 31.3 Å². The van der Waals surface area contributed by atoms with E-state index in [1.807, 2.05) is 19.1 Å². The van der Waals surface area contributed by atoms with E-state index < -0.39 is 11.7 Å². The van der Waals surface area contributed by atoms with E-state index in [1.165, 1.54) is 17.0 Å². The summed E-state index contributed by atoms with van der Waals surface area (Å²) in [5.41, 5.74) is 1.28. The predicted molar refractivity (Wildman–Crippen MR) is 96.0 cm³/mol. The van der Waals surface area contributed by atoms with Crippen molar-refractivity contribution < 1.29 is 22.8 Å². The normalized spacial score (nSPS) is 11.1. The molecule has 0 aliphatic carbocycles. The molecule has 0 aliphatic rings. The molecule has 0 aromatic heterocycles. The van der Waals surface area contributed by atoms with Crippen LogP contribution >= 0.6 is 0 Å². The molecule has 144 valence electrons. The number of hydrogen-bond donors (Lipinski definition) is 1. The summed E-state index contributed by atoms with van der Waals surface area (Å²) in [6.45, 7) is 2.21. The molecular weight excluding hydrogens is 357 g/mol. The van der Waals surface area contributed by atoms with E-state index in [4.69, 9.17) is 0 Å². The monoisotopic (exact) mass is 378 g/mol. The fourth-order valence-corrected chi connectivity index (χ4v) is 2.56. The molecule has 0 unspecified atom stereocenters. The molecule has 0 aliphatic heterocycles. The van der Waals surface area contributed by atoms with Crippen LogP contribution in [0.5, 0.6) is 0 Å². The van der Waals surface area contributed by atoms with Crippen LogP contribution in [0.4, 0.5) is 13.2 Å². The number of halogens is 3. The van der Waals surface area contributed by atoms with Gasteiger partial charge in [-0.1, -0.05) is 30.3 Å². The van der Waals surface area contributed by atoms with Crippen LogP contribution in [0.25, 0.3) is 0 Å². The fraction of sp³-hybridized carbons (Fsp3) is 0.300. The maximum absolute atomic E-state index is 12.6. The first-order valence-electron chi connectivity index (χ1n) is 8.42. The third-order valence-corrected chi connectivity index (χ3v) is 4.14. The lowest BCUT2D eigenvalue weighted by molar-refractivity contribution is -0.137. The fourth-order valence-electron chi connectivity index (χ4n) is 2.56. The third-order valence-electron chi connectivity index (χ3n) is 4.14. The van der Waals surface area contributed by atoms with Crippen LogP contribution in [0, 0.1) is 6.92 Å². The molecule has 0 fully saturated rings. The van der Waals surface area contributed by atoms with Gasteiger partial charge in [-0.3, -0.25) is 9.59 Å². The molecule has 0 heterocycles. The van der Waals surface area contributed by atoms with Crippen molar-refractivity contribution in [3.05, 3.63) is 70.8 Å². The van der Waals surface area contributed by atoms with Gasteiger partial charge < -0.3 is 10.2 Å². The molecule has 0 radical (unpaired) electrons. The predicted octanol–water partition coefficient (Wildman–Crippen LogP) is 3.79. The van der Waals surface area contributed by atoms with E-state index in [1.54, 1.807) is 19.2 Å². The van der Waals surface area contributed by atoms with Gasteiger partial charge in [0, 0.05) is 32.1 Å². The Morgan fingerprint density at radius 2 is 1.67 bits per heavy atom. The molecule has 27 heavy (non-hydrogen) atoms. The van der Waals surface area contributed by atoms with Crippen molar-refractivity contribution in [1.29, 1.82) is 0 Å². The molecular formula is C20H21F3N2O2. The van der Waals surface area contributed by atoms with Gasteiger partial charge in [-0.05, 0) is 36.2 Å². The molecule has 2 aromatic carbocycles. The van der Waals surface area contributed by atoms with Gasteiger partial charge in [0.1, 0.15) is 0 Å². The van der Waals surface area contributed by atoms with Crippen molar-refractivity contribution >= 4 is 11.8 Å². The highest BCUT2D eigenvalue weighted by atomic mass is 19.4. The van der Waals surface area contributed by atoms with Crippen LogP contribution in [0.3, 0.4) is 0 Å². The largest absolute Gasteiger partial charge is 0.416 e. The van der Waals surface area contributed by atoms with Crippen LogP contribution < -0.4 is 5.32 Å². The number of carbonyl (C=O) groups is 2. The Morgan fingerprint density at radius 3 is 2.26 bits per heavy atom. The average molecular weight is 378 g/mol. The van der Waals surface area contributed by atoms with Crippen molar-refractivity contribution in [3.63, 3.8) is 0 Å². The number of amides is 2. The topological polar surface area (TPSA) is 49.4 Å². The molecule has 1 N–H and O–H groups in total. The number of nitrogens with zero attached hydrogens (tertiary/aromatic N) is 1. The Hall–Kier alpha value is -2.83. The summed E-state index contributed by atoms with van der Waals surface area (Å²) in [5, 5.41) is 2.70. The number of rotatable bonds is 6. The standard InChI is InChI=1S/C20H21F3N2O2/c1-14-5-3-4-6-17(14)19(27)24-12-11-18(26)25(2)13-15-7-9-16(10-8-15)20(21,22)23/h3-10H,11-13H2,1-2H3,(H,24,27). The first kappa shape index (κ1) is 20.5. The summed E-state index contributed by atoms with van der Waals surface area (Å²) in [6.07, 6.45) is -4.27. The summed E-state index contributed by atoms with van der Waals surface area (Å²) in [6, 6.07) is 11.9. The molecule has 7 heteroatoms. The maximum atomic E-state index is 12.6. The van der Waals surface area contributed by atoms with E-state index in [0.717, 1.165) is 17.7 Å². The van der Waals surface area contributed by atoms with Crippen molar-refractivity contribution in [3.8, 4) is 0 Å². The summed E-state index contributed by atoms with van der Waals surface area (Å²) >= 11 is 0. The molecule has 0 saturated heterocycles. The van der Waals surface area contributed by atoms with Gasteiger partial charge in [0.15, 0.2) is 0 Å². The van der Waals surface area contributed by atoms with Gasteiger partial charge in [-0.25, -0.2) is 0 Å². The molecule has 2 aromatic rings. The van der Waals surface area contributed by atoms with Crippen LogP contribution in [-0.2, 0) is 17.5 Å². The first-order chi connectivity index (χ1) is 12.7. The lowest BCUT2D eigenvalue weighted by atomic mass is 10.1. The second-order valence-electron chi connectivity index (χ2n) is 6.27. The third kappa shape index (κ3) is 5.84. The minimum atomic E-state index is -4.38. The number of hydrogen-bond acceptors (Lipinski definition) is 2. The van der Waals surface area contributed by atoms with Gasteiger partial charge in [0.2, 0.25) is 5.91 Å². The van der Waals surface area contributed by atoms with Crippen molar-refractivity contribution in [2.24, 2.45) is 0 Å². The molecule has 2 rings (SSSR count). The Bertz CT molecular complexity index is 802. The zero-order chi connectivity index (χ0) is 20.0. The Labute approximate surface area is 156 Å². The van der Waals surface area contributed by atoms with Crippen molar-refractivity contribution in [1.82, 2.24) is 10.2 Å². The number of nitrogens with one attached hydrogen (secondary N) is 1. The van der Waals surface area contributed by atoms with Gasteiger partial charge in [0.25, 0.3) is 5.91 Å². The second kappa shape index (κ2) is 8.70. The summed E-state index contributed by atoms with van der Waals surface area (Å²) in [4.78, 5) is 25.7. The highest BCUT2D eigenvalue weighted by Gasteiger charge is 2.29. The first-order valence-corrected chi connectivity index (χ1v) is 8.42. The van der Waals surface area contributed by atoms with Crippen LogP contribution in [0.15, 0.2) is 48.5 Å². The van der Waals surface area contributed by atoms with E-state index in [2.05, 4.69) is 5.32 Å².